The molecular weight excluding hydrogens is 338 g/mol. The van der Waals surface area contributed by atoms with Crippen molar-refractivity contribution in [2.75, 3.05) is 54.5 Å². The summed E-state index contributed by atoms with van der Waals surface area (Å²) in [6.45, 7) is 5.67. The molecule has 2 fully saturated rings. The normalized spacial score (nSPS) is 17.2. The molecule has 142 valence electrons. The minimum absolute atomic E-state index is 0.0167. The lowest BCUT2D eigenvalue weighted by atomic mass is 10.1. The molecule has 5 nitrogen and oxygen atoms in total. The number of ether oxygens (including phenoxy) is 1. The van der Waals surface area contributed by atoms with Crippen molar-refractivity contribution in [3.63, 3.8) is 0 Å². The van der Waals surface area contributed by atoms with Crippen molar-refractivity contribution in [3.05, 3.63) is 54.1 Å². The van der Waals surface area contributed by atoms with Crippen LogP contribution in [0.3, 0.4) is 0 Å². The quantitative estimate of drug-likeness (QED) is 0.883. The Labute approximate surface area is 160 Å². The molecule has 0 aliphatic carbocycles. The van der Waals surface area contributed by atoms with Crippen molar-refractivity contribution in [1.82, 2.24) is 0 Å². The number of carbonyl (C=O) groups is 1. The largest absolute Gasteiger partial charge is 0.378 e. The molecule has 0 saturated carbocycles. The number of nitrogens with zero attached hydrogens (tertiary/aromatic N) is 2. The Bertz CT molecular complexity index is 746. The summed E-state index contributed by atoms with van der Waals surface area (Å²) in [5, 5.41) is 3.00. The molecule has 0 aromatic heterocycles. The highest BCUT2D eigenvalue weighted by molar-refractivity contribution is 5.92. The van der Waals surface area contributed by atoms with Gasteiger partial charge in [0.05, 0.1) is 19.6 Å². The number of carbonyl (C=O) groups excluding carboxylic acids is 1. The van der Waals surface area contributed by atoms with E-state index in [1.807, 2.05) is 24.3 Å². The van der Waals surface area contributed by atoms with E-state index in [2.05, 4.69) is 39.4 Å². The second-order valence-corrected chi connectivity index (χ2v) is 7.23. The van der Waals surface area contributed by atoms with E-state index in [1.165, 1.54) is 24.2 Å². The number of amides is 1. The van der Waals surface area contributed by atoms with Crippen molar-refractivity contribution >= 4 is 23.0 Å². The Morgan fingerprint density at radius 2 is 1.37 bits per heavy atom. The maximum Gasteiger partial charge on any atom is 0.228 e. The van der Waals surface area contributed by atoms with Gasteiger partial charge in [0, 0.05) is 43.2 Å². The maximum atomic E-state index is 12.4. The third-order valence-electron chi connectivity index (χ3n) is 5.30. The number of rotatable bonds is 5. The van der Waals surface area contributed by atoms with E-state index >= 15 is 0 Å². The van der Waals surface area contributed by atoms with Gasteiger partial charge < -0.3 is 19.9 Å². The topological polar surface area (TPSA) is 44.8 Å². The predicted molar refractivity (Wildman–Crippen MR) is 110 cm³/mol. The number of nitrogens with one attached hydrogen (secondary N) is 1. The molecule has 2 aromatic carbocycles. The van der Waals surface area contributed by atoms with Crippen LogP contribution >= 0.6 is 0 Å². The van der Waals surface area contributed by atoms with Gasteiger partial charge in [0.15, 0.2) is 0 Å². The molecule has 2 aliphatic heterocycles. The molecule has 2 aliphatic rings. The Balaban J connectivity index is 1.30. The summed E-state index contributed by atoms with van der Waals surface area (Å²) in [5.74, 6) is 0.0167. The van der Waals surface area contributed by atoms with Crippen LogP contribution in [-0.4, -0.2) is 45.3 Å². The highest BCUT2D eigenvalue weighted by Gasteiger charge is 2.13. The first-order chi connectivity index (χ1) is 13.3. The second-order valence-electron chi connectivity index (χ2n) is 7.23. The van der Waals surface area contributed by atoms with Gasteiger partial charge in [0.1, 0.15) is 0 Å². The smallest absolute Gasteiger partial charge is 0.228 e. The van der Waals surface area contributed by atoms with Gasteiger partial charge in [-0.05, 0) is 54.8 Å². The minimum Gasteiger partial charge on any atom is -0.378 e. The molecule has 2 aromatic rings. The Hall–Kier alpha value is -2.53. The van der Waals surface area contributed by atoms with E-state index in [4.69, 9.17) is 4.74 Å². The lowest BCUT2D eigenvalue weighted by molar-refractivity contribution is -0.115. The molecule has 0 unspecified atom stereocenters. The Morgan fingerprint density at radius 1 is 0.815 bits per heavy atom. The van der Waals surface area contributed by atoms with Gasteiger partial charge in [-0.2, -0.15) is 0 Å². The zero-order chi connectivity index (χ0) is 18.5. The van der Waals surface area contributed by atoms with Crippen molar-refractivity contribution in [3.8, 4) is 0 Å². The highest BCUT2D eigenvalue weighted by Crippen LogP contribution is 2.22. The maximum absolute atomic E-state index is 12.4. The van der Waals surface area contributed by atoms with Crippen LogP contribution < -0.4 is 15.1 Å². The molecule has 4 rings (SSSR count). The summed E-state index contributed by atoms with van der Waals surface area (Å²) >= 11 is 0. The lowest BCUT2D eigenvalue weighted by Gasteiger charge is -2.28. The van der Waals surface area contributed by atoms with Crippen LogP contribution in [0.1, 0.15) is 18.4 Å². The Morgan fingerprint density at radius 3 is 2.00 bits per heavy atom. The first-order valence-electron chi connectivity index (χ1n) is 9.84. The number of anilines is 3. The van der Waals surface area contributed by atoms with E-state index < -0.39 is 0 Å². The van der Waals surface area contributed by atoms with Crippen LogP contribution in [-0.2, 0) is 16.0 Å². The first kappa shape index (κ1) is 17.9. The summed E-state index contributed by atoms with van der Waals surface area (Å²) < 4.78 is 5.39. The minimum atomic E-state index is 0.0167. The van der Waals surface area contributed by atoms with E-state index in [9.17, 15) is 4.79 Å². The third-order valence-corrected chi connectivity index (χ3v) is 5.30. The molecule has 2 heterocycles. The van der Waals surface area contributed by atoms with E-state index in [0.717, 1.165) is 50.6 Å². The fourth-order valence-corrected chi connectivity index (χ4v) is 3.77. The monoisotopic (exact) mass is 365 g/mol. The van der Waals surface area contributed by atoms with Gasteiger partial charge in [0.25, 0.3) is 0 Å². The number of hydrogen-bond donors (Lipinski definition) is 1. The molecule has 0 atom stereocenters. The Kier molecular flexibility index (Phi) is 5.58. The molecule has 0 spiro atoms. The summed E-state index contributed by atoms with van der Waals surface area (Å²) in [4.78, 5) is 17.1. The molecule has 0 bridgehead atoms. The van der Waals surface area contributed by atoms with E-state index in [1.54, 1.807) is 0 Å². The van der Waals surface area contributed by atoms with Crippen molar-refractivity contribution in [2.24, 2.45) is 0 Å². The summed E-state index contributed by atoms with van der Waals surface area (Å²) in [6, 6.07) is 16.5. The summed E-state index contributed by atoms with van der Waals surface area (Å²) in [7, 11) is 0. The molecular formula is C22H27N3O2. The van der Waals surface area contributed by atoms with Gasteiger partial charge in [0.2, 0.25) is 5.91 Å². The van der Waals surface area contributed by atoms with Gasteiger partial charge >= 0.3 is 0 Å². The summed E-state index contributed by atoms with van der Waals surface area (Å²) in [6.07, 6.45) is 2.92. The lowest BCUT2D eigenvalue weighted by Crippen LogP contribution is -2.36. The van der Waals surface area contributed by atoms with Crippen LogP contribution in [0.25, 0.3) is 0 Å². The van der Waals surface area contributed by atoms with Gasteiger partial charge in [-0.15, -0.1) is 0 Å². The second kappa shape index (κ2) is 8.44. The highest BCUT2D eigenvalue weighted by atomic mass is 16.5. The number of benzene rings is 2. The van der Waals surface area contributed by atoms with Crippen LogP contribution in [0.4, 0.5) is 17.1 Å². The molecule has 27 heavy (non-hydrogen) atoms. The number of hydrogen-bond acceptors (Lipinski definition) is 4. The molecule has 2 saturated heterocycles. The SMILES string of the molecule is O=C(Cc1ccc(N2CCOCC2)cc1)Nc1ccc(N2CCCC2)cc1. The molecule has 1 N–H and O–H groups in total. The molecule has 5 heteroatoms. The van der Waals surface area contributed by atoms with E-state index in [0.29, 0.717) is 6.42 Å². The van der Waals surface area contributed by atoms with Crippen LogP contribution in [0.2, 0.25) is 0 Å². The van der Waals surface area contributed by atoms with Crippen LogP contribution in [0.5, 0.6) is 0 Å². The zero-order valence-corrected chi connectivity index (χ0v) is 15.7. The van der Waals surface area contributed by atoms with Crippen LogP contribution in [0.15, 0.2) is 48.5 Å². The van der Waals surface area contributed by atoms with E-state index in [-0.39, 0.29) is 5.91 Å². The van der Waals surface area contributed by atoms with Gasteiger partial charge in [-0.1, -0.05) is 12.1 Å². The molecule has 1 amide bonds. The fourth-order valence-electron chi connectivity index (χ4n) is 3.77. The van der Waals surface area contributed by atoms with Crippen molar-refractivity contribution in [2.45, 2.75) is 19.3 Å². The van der Waals surface area contributed by atoms with Crippen LogP contribution in [0, 0.1) is 0 Å². The zero-order valence-electron chi connectivity index (χ0n) is 15.7. The number of morpholine rings is 1. The third kappa shape index (κ3) is 4.61. The molecule has 0 radical (unpaired) electrons. The average Bonchev–Trinajstić information content (AvgIpc) is 3.25. The van der Waals surface area contributed by atoms with Gasteiger partial charge in [-0.25, -0.2) is 0 Å². The fraction of sp³-hybridized carbons (Fsp3) is 0.409. The van der Waals surface area contributed by atoms with Crippen molar-refractivity contribution < 1.29 is 9.53 Å². The predicted octanol–water partition coefficient (Wildman–Crippen LogP) is 3.30. The van der Waals surface area contributed by atoms with Crippen molar-refractivity contribution in [1.29, 1.82) is 0 Å². The van der Waals surface area contributed by atoms with Gasteiger partial charge in [-0.3, -0.25) is 4.79 Å². The average molecular weight is 365 g/mol. The summed E-state index contributed by atoms with van der Waals surface area (Å²) in [5.41, 5.74) is 4.32. The first-order valence-corrected chi connectivity index (χ1v) is 9.84. The standard InChI is InChI=1S/C22H27N3O2/c26-22(23-19-5-9-21(10-6-19)24-11-1-2-12-24)17-18-3-7-20(8-4-18)25-13-15-27-16-14-25/h3-10H,1-2,11-17H2,(H,23,26).